The first kappa shape index (κ1) is 29.8. The van der Waals surface area contributed by atoms with E-state index in [4.69, 9.17) is 4.74 Å². The van der Waals surface area contributed by atoms with E-state index in [9.17, 15) is 19.8 Å². The molecular formula is C32H40N2O5. The third kappa shape index (κ3) is 8.65. The van der Waals surface area contributed by atoms with Crippen LogP contribution >= 0.6 is 0 Å². The van der Waals surface area contributed by atoms with Crippen LogP contribution in [-0.4, -0.2) is 50.9 Å². The van der Waals surface area contributed by atoms with Gasteiger partial charge in [0.2, 0.25) is 0 Å². The number of benzene rings is 2. The molecule has 0 bridgehead atoms. The lowest BCUT2D eigenvalue weighted by atomic mass is 9.80. The quantitative estimate of drug-likeness (QED) is 0.320. The summed E-state index contributed by atoms with van der Waals surface area (Å²) in [5.74, 6) is -0.943. The summed E-state index contributed by atoms with van der Waals surface area (Å²) < 4.78 is 5.61. The fourth-order valence-corrected chi connectivity index (χ4v) is 4.36. The molecule has 0 unspecified atom stereocenters. The molecule has 1 amide bonds. The lowest BCUT2D eigenvalue weighted by molar-refractivity contribution is 0.0141. The Kier molecular flexibility index (Phi) is 9.51. The lowest BCUT2D eigenvalue weighted by Gasteiger charge is -2.29. The number of hydrogen-bond donors (Lipinski definition) is 2. The molecular weight excluding hydrogens is 492 g/mol. The Morgan fingerprint density at radius 2 is 1.69 bits per heavy atom. The van der Waals surface area contributed by atoms with E-state index in [0.29, 0.717) is 18.5 Å². The van der Waals surface area contributed by atoms with Gasteiger partial charge in [0.25, 0.3) is 0 Å². The molecule has 0 radical (unpaired) electrons. The maximum atomic E-state index is 13.0. The first-order valence-corrected chi connectivity index (χ1v) is 13.3. The second kappa shape index (κ2) is 12.4. The molecule has 1 heterocycles. The van der Waals surface area contributed by atoms with Gasteiger partial charge in [0.1, 0.15) is 5.60 Å². The summed E-state index contributed by atoms with van der Waals surface area (Å²) in [6.07, 6.45) is 3.34. The summed E-state index contributed by atoms with van der Waals surface area (Å²) in [5.41, 5.74) is 4.47. The fourth-order valence-electron chi connectivity index (χ4n) is 4.36. The first-order valence-electron chi connectivity index (χ1n) is 13.3. The van der Waals surface area contributed by atoms with Crippen LogP contribution in [0, 0.1) is 0 Å². The van der Waals surface area contributed by atoms with Crippen molar-refractivity contribution in [2.75, 3.05) is 13.1 Å². The lowest BCUT2D eigenvalue weighted by Crippen LogP contribution is -2.40. The van der Waals surface area contributed by atoms with Crippen molar-refractivity contribution in [3.8, 4) is 11.1 Å². The standard InChI is InChI=1S/C32H40N2O5/c1-31(2,3)27-19-22(11-16-26(27)23-12-14-24(15-13-23)29(36)37)9-8-18-34(30(38)39-32(4,5)6)21-28(35)25-10-7-17-33-20-25/h7,10-17,19-20,28,35H,8-9,18,21H2,1-6H3,(H,36,37)/t28-/m0/s1. The van der Waals surface area contributed by atoms with Crippen molar-refractivity contribution < 1.29 is 24.5 Å². The van der Waals surface area contributed by atoms with E-state index in [1.165, 1.54) is 5.56 Å². The van der Waals surface area contributed by atoms with Gasteiger partial charge in [-0.1, -0.05) is 57.2 Å². The molecule has 3 aromatic rings. The molecule has 0 aliphatic heterocycles. The van der Waals surface area contributed by atoms with Crippen LogP contribution < -0.4 is 0 Å². The van der Waals surface area contributed by atoms with E-state index in [1.807, 2.05) is 32.9 Å². The minimum absolute atomic E-state index is 0.110. The Morgan fingerprint density at radius 1 is 1.00 bits per heavy atom. The highest BCUT2D eigenvalue weighted by Crippen LogP contribution is 2.34. The second-order valence-corrected chi connectivity index (χ2v) is 11.8. The number of carbonyl (C=O) groups is 2. The average molecular weight is 533 g/mol. The molecule has 0 aliphatic carbocycles. The van der Waals surface area contributed by atoms with Crippen molar-refractivity contribution >= 4 is 12.1 Å². The number of rotatable bonds is 9. The number of hydrogen-bond acceptors (Lipinski definition) is 5. The van der Waals surface area contributed by atoms with E-state index >= 15 is 0 Å². The van der Waals surface area contributed by atoms with Gasteiger partial charge in [-0.2, -0.15) is 0 Å². The van der Waals surface area contributed by atoms with Crippen LogP contribution in [0.4, 0.5) is 4.79 Å². The number of carbonyl (C=O) groups excluding carboxylic acids is 1. The number of amides is 1. The predicted molar refractivity (Wildman–Crippen MR) is 153 cm³/mol. The molecule has 7 heteroatoms. The third-order valence-corrected chi connectivity index (χ3v) is 6.34. The van der Waals surface area contributed by atoms with Crippen molar-refractivity contribution in [2.24, 2.45) is 0 Å². The number of aliphatic hydroxyl groups excluding tert-OH is 1. The molecule has 2 N–H and O–H groups in total. The van der Waals surface area contributed by atoms with E-state index < -0.39 is 23.8 Å². The molecule has 0 aliphatic rings. The van der Waals surface area contributed by atoms with Gasteiger partial charge in [0.05, 0.1) is 18.2 Å². The molecule has 0 fully saturated rings. The Hall–Kier alpha value is -3.71. The predicted octanol–water partition coefficient (Wildman–Crippen LogP) is 6.65. The van der Waals surface area contributed by atoms with Crippen LogP contribution in [0.25, 0.3) is 11.1 Å². The van der Waals surface area contributed by atoms with Crippen LogP contribution in [-0.2, 0) is 16.6 Å². The van der Waals surface area contributed by atoms with Crippen molar-refractivity contribution in [1.82, 2.24) is 9.88 Å². The second-order valence-electron chi connectivity index (χ2n) is 11.8. The van der Waals surface area contributed by atoms with Crippen molar-refractivity contribution in [3.05, 3.63) is 89.2 Å². The number of ether oxygens (including phenoxy) is 1. The van der Waals surface area contributed by atoms with E-state index in [0.717, 1.165) is 23.1 Å². The largest absolute Gasteiger partial charge is 0.478 e. The zero-order chi connectivity index (χ0) is 28.8. The number of carboxylic acid groups (broad SMARTS) is 1. The minimum Gasteiger partial charge on any atom is -0.478 e. The number of carboxylic acids is 1. The Balaban J connectivity index is 1.77. The fraction of sp³-hybridized carbons (Fsp3) is 0.406. The zero-order valence-electron chi connectivity index (χ0n) is 23.8. The van der Waals surface area contributed by atoms with Gasteiger partial charge in [-0.25, -0.2) is 9.59 Å². The van der Waals surface area contributed by atoms with Crippen LogP contribution in [0.5, 0.6) is 0 Å². The summed E-state index contributed by atoms with van der Waals surface area (Å²) in [4.78, 5) is 29.9. The van der Waals surface area contributed by atoms with Crippen LogP contribution in [0.15, 0.2) is 67.0 Å². The molecule has 1 aromatic heterocycles. The van der Waals surface area contributed by atoms with Crippen LogP contribution in [0.2, 0.25) is 0 Å². The van der Waals surface area contributed by atoms with Gasteiger partial charge in [0, 0.05) is 24.5 Å². The van der Waals surface area contributed by atoms with Gasteiger partial charge >= 0.3 is 12.1 Å². The molecule has 0 spiro atoms. The highest BCUT2D eigenvalue weighted by atomic mass is 16.6. The van der Waals surface area contributed by atoms with E-state index in [2.05, 4.69) is 44.0 Å². The molecule has 0 saturated heterocycles. The highest BCUT2D eigenvalue weighted by Gasteiger charge is 2.25. The van der Waals surface area contributed by atoms with Gasteiger partial charge in [-0.15, -0.1) is 0 Å². The first-order chi connectivity index (χ1) is 18.2. The maximum Gasteiger partial charge on any atom is 0.410 e. The summed E-state index contributed by atoms with van der Waals surface area (Å²) in [6.45, 7) is 12.5. The maximum absolute atomic E-state index is 13.0. The Labute approximate surface area is 231 Å². The number of aliphatic hydroxyl groups is 1. The van der Waals surface area contributed by atoms with Crippen molar-refractivity contribution in [2.45, 2.75) is 71.5 Å². The van der Waals surface area contributed by atoms with Gasteiger partial charge < -0.3 is 19.8 Å². The molecule has 7 nitrogen and oxygen atoms in total. The number of aromatic nitrogens is 1. The number of aryl methyl sites for hydroxylation is 1. The Morgan fingerprint density at radius 3 is 2.26 bits per heavy atom. The normalized spacial score (nSPS) is 12.6. The highest BCUT2D eigenvalue weighted by molar-refractivity contribution is 5.88. The summed E-state index contributed by atoms with van der Waals surface area (Å²) >= 11 is 0. The van der Waals surface area contributed by atoms with E-state index in [-0.39, 0.29) is 17.5 Å². The monoisotopic (exact) mass is 532 g/mol. The van der Waals surface area contributed by atoms with Crippen molar-refractivity contribution in [1.29, 1.82) is 0 Å². The minimum atomic E-state index is -0.943. The van der Waals surface area contributed by atoms with Gasteiger partial charge in [-0.3, -0.25) is 4.98 Å². The molecule has 208 valence electrons. The molecule has 0 saturated carbocycles. The van der Waals surface area contributed by atoms with Gasteiger partial charge in [-0.05, 0) is 79.5 Å². The smallest absolute Gasteiger partial charge is 0.410 e. The zero-order valence-corrected chi connectivity index (χ0v) is 23.8. The molecule has 2 aromatic carbocycles. The average Bonchev–Trinajstić information content (AvgIpc) is 2.87. The summed E-state index contributed by atoms with van der Waals surface area (Å²) in [6, 6.07) is 16.9. The summed E-state index contributed by atoms with van der Waals surface area (Å²) in [5, 5.41) is 20.0. The van der Waals surface area contributed by atoms with Gasteiger partial charge in [0.15, 0.2) is 0 Å². The number of pyridine rings is 1. The van der Waals surface area contributed by atoms with Crippen molar-refractivity contribution in [3.63, 3.8) is 0 Å². The van der Waals surface area contributed by atoms with Crippen LogP contribution in [0.3, 0.4) is 0 Å². The van der Waals surface area contributed by atoms with Crippen LogP contribution in [0.1, 0.15) is 81.1 Å². The topological polar surface area (TPSA) is 100.0 Å². The molecule has 3 rings (SSSR count). The molecule has 1 atom stereocenters. The molecule has 39 heavy (non-hydrogen) atoms. The third-order valence-electron chi connectivity index (χ3n) is 6.34. The Bertz CT molecular complexity index is 1260. The summed E-state index contributed by atoms with van der Waals surface area (Å²) in [7, 11) is 0. The van der Waals surface area contributed by atoms with E-state index in [1.54, 1.807) is 41.6 Å². The SMILES string of the molecule is CC(C)(C)OC(=O)N(CCCc1ccc(-c2ccc(C(=O)O)cc2)c(C(C)(C)C)c1)C[C@H](O)c1cccnc1. The number of aromatic carboxylic acids is 1. The number of nitrogens with zero attached hydrogens (tertiary/aromatic N) is 2.